The molecule has 1 rings (SSSR count). The predicted molar refractivity (Wildman–Crippen MR) is 70.3 cm³/mol. The maximum absolute atomic E-state index is 13.6. The van der Waals surface area contributed by atoms with Gasteiger partial charge in [-0.25, -0.2) is 8.78 Å². The molecule has 1 atom stereocenters. The minimum atomic E-state index is -0.621. The summed E-state index contributed by atoms with van der Waals surface area (Å²) in [6.45, 7) is 6.45. The predicted octanol–water partition coefficient (Wildman–Crippen LogP) is 3.09. The first-order chi connectivity index (χ1) is 8.60. The fourth-order valence-corrected chi connectivity index (χ4v) is 2.16. The first-order valence-corrected chi connectivity index (χ1v) is 6.52. The van der Waals surface area contributed by atoms with E-state index in [4.69, 9.17) is 5.73 Å². The molecule has 0 amide bonds. The molecule has 18 heavy (non-hydrogen) atoms. The van der Waals surface area contributed by atoms with E-state index in [1.807, 2.05) is 0 Å². The van der Waals surface area contributed by atoms with E-state index in [0.29, 0.717) is 6.54 Å². The lowest BCUT2D eigenvalue weighted by Crippen LogP contribution is -2.34. The Morgan fingerprint density at radius 3 is 2.06 bits per heavy atom. The molecule has 0 heterocycles. The lowest BCUT2D eigenvalue weighted by molar-refractivity contribution is 0.255. The fraction of sp³-hybridized carbons (Fsp3) is 0.571. The molecule has 2 nitrogen and oxygen atoms in total. The average molecular weight is 256 g/mol. The van der Waals surface area contributed by atoms with Gasteiger partial charge in [-0.15, -0.1) is 0 Å². The Hall–Kier alpha value is -1.00. The van der Waals surface area contributed by atoms with Gasteiger partial charge in [0.15, 0.2) is 0 Å². The van der Waals surface area contributed by atoms with Gasteiger partial charge in [0, 0.05) is 18.2 Å². The molecule has 0 spiro atoms. The van der Waals surface area contributed by atoms with E-state index in [9.17, 15) is 8.78 Å². The van der Waals surface area contributed by atoms with Crippen LogP contribution in [-0.4, -0.2) is 24.5 Å². The molecular formula is C14H22F2N2. The molecule has 0 radical (unpaired) electrons. The normalized spacial score (nSPS) is 13.0. The Balaban J connectivity index is 2.76. The van der Waals surface area contributed by atoms with Crippen molar-refractivity contribution in [1.82, 2.24) is 4.90 Å². The Kier molecular flexibility index (Phi) is 6.22. The summed E-state index contributed by atoms with van der Waals surface area (Å²) in [5, 5.41) is 0. The van der Waals surface area contributed by atoms with Crippen molar-refractivity contribution in [2.45, 2.75) is 32.7 Å². The summed E-state index contributed by atoms with van der Waals surface area (Å²) < 4.78 is 27.2. The summed E-state index contributed by atoms with van der Waals surface area (Å²) in [7, 11) is 0. The fourth-order valence-electron chi connectivity index (χ4n) is 2.16. The molecule has 0 bridgehead atoms. The van der Waals surface area contributed by atoms with Crippen LogP contribution in [0, 0.1) is 11.6 Å². The van der Waals surface area contributed by atoms with Crippen LogP contribution < -0.4 is 5.73 Å². The molecule has 0 aliphatic heterocycles. The zero-order valence-electron chi connectivity index (χ0n) is 11.1. The lowest BCUT2D eigenvalue weighted by atomic mass is 10.1. The highest BCUT2D eigenvalue weighted by Crippen LogP contribution is 2.19. The molecule has 0 aromatic heterocycles. The number of halogens is 2. The van der Waals surface area contributed by atoms with E-state index < -0.39 is 17.7 Å². The second-order valence-corrected chi connectivity index (χ2v) is 4.54. The second kappa shape index (κ2) is 7.44. The molecule has 0 saturated heterocycles. The zero-order chi connectivity index (χ0) is 13.5. The van der Waals surface area contributed by atoms with Crippen LogP contribution in [0.15, 0.2) is 18.2 Å². The van der Waals surface area contributed by atoms with Crippen LogP contribution in [0.4, 0.5) is 8.78 Å². The number of nitrogens with two attached hydrogens (primary N) is 1. The number of hydrogen-bond acceptors (Lipinski definition) is 2. The molecule has 102 valence electrons. The maximum atomic E-state index is 13.6. The third kappa shape index (κ3) is 4.03. The summed E-state index contributed by atoms with van der Waals surface area (Å²) >= 11 is 0. The first-order valence-electron chi connectivity index (χ1n) is 6.52. The maximum Gasteiger partial charge on any atom is 0.130 e. The van der Waals surface area contributed by atoms with Crippen LogP contribution in [0.2, 0.25) is 0 Å². The van der Waals surface area contributed by atoms with Crippen molar-refractivity contribution in [2.24, 2.45) is 5.73 Å². The van der Waals surface area contributed by atoms with Gasteiger partial charge in [0.25, 0.3) is 0 Å². The highest BCUT2D eigenvalue weighted by molar-refractivity contribution is 5.23. The van der Waals surface area contributed by atoms with E-state index in [1.165, 1.54) is 18.2 Å². The third-order valence-corrected chi connectivity index (χ3v) is 2.91. The van der Waals surface area contributed by atoms with Crippen LogP contribution in [0.3, 0.4) is 0 Å². The van der Waals surface area contributed by atoms with Crippen LogP contribution in [0.5, 0.6) is 0 Å². The number of hydrogen-bond donors (Lipinski definition) is 1. The summed E-state index contributed by atoms with van der Waals surface area (Å²) in [4.78, 5) is 2.15. The molecule has 1 aromatic rings. The SMILES string of the molecule is CCCN(CCC)CC(N)c1c(F)cccc1F. The van der Waals surface area contributed by atoms with Crippen LogP contribution in [0.25, 0.3) is 0 Å². The van der Waals surface area contributed by atoms with Crippen LogP contribution in [0.1, 0.15) is 38.3 Å². The summed E-state index contributed by atoms with van der Waals surface area (Å²) in [5.74, 6) is -1.12. The first kappa shape index (κ1) is 15.1. The van der Waals surface area contributed by atoms with Crippen molar-refractivity contribution in [1.29, 1.82) is 0 Å². The lowest BCUT2D eigenvalue weighted by Gasteiger charge is -2.25. The van der Waals surface area contributed by atoms with Gasteiger partial charge in [-0.1, -0.05) is 19.9 Å². The average Bonchev–Trinajstić information content (AvgIpc) is 2.29. The van der Waals surface area contributed by atoms with E-state index in [-0.39, 0.29) is 5.56 Å². The smallest absolute Gasteiger partial charge is 0.130 e. The molecule has 0 aliphatic rings. The third-order valence-electron chi connectivity index (χ3n) is 2.91. The van der Waals surface area contributed by atoms with E-state index in [2.05, 4.69) is 18.7 Å². The van der Waals surface area contributed by atoms with Gasteiger partial charge in [-0.2, -0.15) is 0 Å². The van der Waals surface area contributed by atoms with Crippen molar-refractivity contribution in [3.63, 3.8) is 0 Å². The minimum absolute atomic E-state index is 0.00490. The number of rotatable bonds is 7. The number of benzene rings is 1. The Morgan fingerprint density at radius 1 is 1.11 bits per heavy atom. The summed E-state index contributed by atoms with van der Waals surface area (Å²) in [6.07, 6.45) is 2.01. The Morgan fingerprint density at radius 2 is 1.61 bits per heavy atom. The van der Waals surface area contributed by atoms with Gasteiger partial charge in [-0.3, -0.25) is 0 Å². The zero-order valence-corrected chi connectivity index (χ0v) is 11.1. The molecule has 2 N–H and O–H groups in total. The van der Waals surface area contributed by atoms with E-state index in [1.54, 1.807) is 0 Å². The van der Waals surface area contributed by atoms with Gasteiger partial charge in [0.1, 0.15) is 11.6 Å². The van der Waals surface area contributed by atoms with Gasteiger partial charge in [-0.05, 0) is 38.1 Å². The van der Waals surface area contributed by atoms with Gasteiger partial charge >= 0.3 is 0 Å². The molecular weight excluding hydrogens is 234 g/mol. The minimum Gasteiger partial charge on any atom is -0.323 e. The van der Waals surface area contributed by atoms with Gasteiger partial charge in [0.2, 0.25) is 0 Å². The molecule has 1 aromatic carbocycles. The molecule has 4 heteroatoms. The Bertz CT molecular complexity index is 343. The largest absolute Gasteiger partial charge is 0.323 e. The monoisotopic (exact) mass is 256 g/mol. The highest BCUT2D eigenvalue weighted by Gasteiger charge is 2.18. The second-order valence-electron chi connectivity index (χ2n) is 4.54. The van der Waals surface area contributed by atoms with Gasteiger partial charge in [0.05, 0.1) is 0 Å². The van der Waals surface area contributed by atoms with Crippen LogP contribution >= 0.6 is 0 Å². The van der Waals surface area contributed by atoms with Crippen molar-refractivity contribution >= 4 is 0 Å². The summed E-state index contributed by atoms with van der Waals surface area (Å²) in [6, 6.07) is 3.24. The van der Waals surface area contributed by atoms with Crippen molar-refractivity contribution < 1.29 is 8.78 Å². The Labute approximate surface area is 108 Å². The standard InChI is InChI=1S/C14H22F2N2/c1-3-8-18(9-4-2)10-13(17)14-11(15)6-5-7-12(14)16/h5-7,13H,3-4,8-10,17H2,1-2H3. The van der Waals surface area contributed by atoms with E-state index in [0.717, 1.165) is 25.9 Å². The molecule has 0 aliphatic carbocycles. The van der Waals surface area contributed by atoms with Gasteiger partial charge < -0.3 is 10.6 Å². The van der Waals surface area contributed by atoms with E-state index >= 15 is 0 Å². The number of nitrogens with zero attached hydrogens (tertiary/aromatic N) is 1. The quantitative estimate of drug-likeness (QED) is 0.812. The topological polar surface area (TPSA) is 29.3 Å². The van der Waals surface area contributed by atoms with Crippen LogP contribution in [-0.2, 0) is 0 Å². The molecule has 1 unspecified atom stereocenters. The molecule has 0 fully saturated rings. The highest BCUT2D eigenvalue weighted by atomic mass is 19.1. The van der Waals surface area contributed by atoms with Crippen molar-refractivity contribution in [2.75, 3.05) is 19.6 Å². The summed E-state index contributed by atoms with van der Waals surface area (Å²) in [5.41, 5.74) is 5.93. The van der Waals surface area contributed by atoms with Crippen molar-refractivity contribution in [3.8, 4) is 0 Å². The molecule has 0 saturated carbocycles. The van der Waals surface area contributed by atoms with Crippen molar-refractivity contribution in [3.05, 3.63) is 35.4 Å².